The maximum atomic E-state index is 5.79. The summed E-state index contributed by atoms with van der Waals surface area (Å²) in [6, 6.07) is 2.72. The minimum Gasteiger partial charge on any atom is -0.397 e. The van der Waals surface area contributed by atoms with Gasteiger partial charge in [-0.15, -0.1) is 0 Å². The molecule has 1 aliphatic rings. The maximum absolute atomic E-state index is 5.79. The molecule has 1 aliphatic heterocycles. The van der Waals surface area contributed by atoms with E-state index in [1.807, 2.05) is 6.92 Å². The Morgan fingerprint density at radius 3 is 2.41 bits per heavy atom. The first-order chi connectivity index (χ1) is 8.08. The van der Waals surface area contributed by atoms with Gasteiger partial charge in [0.1, 0.15) is 5.82 Å². The van der Waals surface area contributed by atoms with Crippen LogP contribution in [0.15, 0.2) is 12.3 Å². The van der Waals surface area contributed by atoms with Gasteiger partial charge >= 0.3 is 0 Å². The Balaban J connectivity index is 2.03. The van der Waals surface area contributed by atoms with Crippen molar-refractivity contribution in [2.24, 2.45) is 0 Å². The second-order valence-electron chi connectivity index (χ2n) is 5.02. The summed E-state index contributed by atoms with van der Waals surface area (Å²) in [5.74, 6) is 1.06. The molecule has 0 aromatic carbocycles. The van der Waals surface area contributed by atoms with Gasteiger partial charge in [-0.05, 0) is 32.4 Å². The lowest BCUT2D eigenvalue weighted by molar-refractivity contribution is 0.209. The molecule has 4 nitrogen and oxygen atoms in total. The SMILES string of the molecule is Cc1cc(N2CCN(C(C)C)CC2)ncc1N. The van der Waals surface area contributed by atoms with E-state index in [1.165, 1.54) is 0 Å². The summed E-state index contributed by atoms with van der Waals surface area (Å²) in [6.45, 7) is 10.9. The number of hydrogen-bond donors (Lipinski definition) is 1. The van der Waals surface area contributed by atoms with E-state index in [1.54, 1.807) is 6.20 Å². The van der Waals surface area contributed by atoms with E-state index in [9.17, 15) is 0 Å². The van der Waals surface area contributed by atoms with Crippen molar-refractivity contribution in [3.8, 4) is 0 Å². The number of aryl methyl sites for hydroxylation is 1. The van der Waals surface area contributed by atoms with E-state index in [2.05, 4.69) is 34.7 Å². The van der Waals surface area contributed by atoms with Crippen LogP contribution in [0.1, 0.15) is 19.4 Å². The van der Waals surface area contributed by atoms with E-state index in [4.69, 9.17) is 5.73 Å². The summed E-state index contributed by atoms with van der Waals surface area (Å²) >= 11 is 0. The summed E-state index contributed by atoms with van der Waals surface area (Å²) in [7, 11) is 0. The summed E-state index contributed by atoms with van der Waals surface area (Å²) in [4.78, 5) is 9.25. The highest BCUT2D eigenvalue weighted by atomic mass is 15.3. The maximum Gasteiger partial charge on any atom is 0.128 e. The first-order valence-corrected chi connectivity index (χ1v) is 6.29. The second kappa shape index (κ2) is 4.92. The zero-order valence-corrected chi connectivity index (χ0v) is 11.0. The van der Waals surface area contributed by atoms with Crippen molar-refractivity contribution in [1.82, 2.24) is 9.88 Å². The number of piperazine rings is 1. The summed E-state index contributed by atoms with van der Waals surface area (Å²) in [6.07, 6.45) is 1.76. The number of nitrogen functional groups attached to an aromatic ring is 1. The van der Waals surface area contributed by atoms with Gasteiger partial charge in [0.05, 0.1) is 11.9 Å². The molecule has 2 N–H and O–H groups in total. The quantitative estimate of drug-likeness (QED) is 0.842. The van der Waals surface area contributed by atoms with Crippen LogP contribution in [0, 0.1) is 6.92 Å². The Kier molecular flexibility index (Phi) is 3.52. The highest BCUT2D eigenvalue weighted by molar-refractivity contribution is 5.52. The molecular formula is C13H22N4. The molecule has 0 amide bonds. The Bertz CT molecular complexity index is 381. The molecule has 17 heavy (non-hydrogen) atoms. The first-order valence-electron chi connectivity index (χ1n) is 6.29. The van der Waals surface area contributed by atoms with Crippen molar-refractivity contribution in [2.75, 3.05) is 36.8 Å². The molecule has 1 aromatic rings. The Morgan fingerprint density at radius 2 is 1.88 bits per heavy atom. The molecule has 0 bridgehead atoms. The predicted octanol–water partition coefficient (Wildman–Crippen LogP) is 1.50. The zero-order valence-electron chi connectivity index (χ0n) is 11.0. The topological polar surface area (TPSA) is 45.4 Å². The predicted molar refractivity (Wildman–Crippen MR) is 72.3 cm³/mol. The first kappa shape index (κ1) is 12.2. The van der Waals surface area contributed by atoms with Gasteiger partial charge in [0.15, 0.2) is 0 Å². The molecule has 0 radical (unpaired) electrons. The van der Waals surface area contributed by atoms with Crippen LogP contribution >= 0.6 is 0 Å². The molecule has 0 saturated carbocycles. The van der Waals surface area contributed by atoms with E-state index in [0.29, 0.717) is 6.04 Å². The minimum absolute atomic E-state index is 0.637. The lowest BCUT2D eigenvalue weighted by Gasteiger charge is -2.37. The average Bonchev–Trinajstić information content (AvgIpc) is 2.33. The number of hydrogen-bond acceptors (Lipinski definition) is 4. The van der Waals surface area contributed by atoms with Crippen molar-refractivity contribution in [3.05, 3.63) is 17.8 Å². The highest BCUT2D eigenvalue weighted by Crippen LogP contribution is 2.19. The smallest absolute Gasteiger partial charge is 0.128 e. The molecule has 2 rings (SSSR count). The normalized spacial score (nSPS) is 17.8. The molecule has 4 heteroatoms. The van der Waals surface area contributed by atoms with Crippen LogP contribution in [0.2, 0.25) is 0 Å². The van der Waals surface area contributed by atoms with Crippen LogP contribution in [0.4, 0.5) is 11.5 Å². The number of rotatable bonds is 2. The molecule has 1 fully saturated rings. The number of nitrogens with zero attached hydrogens (tertiary/aromatic N) is 3. The molecule has 2 heterocycles. The fraction of sp³-hybridized carbons (Fsp3) is 0.615. The highest BCUT2D eigenvalue weighted by Gasteiger charge is 2.19. The van der Waals surface area contributed by atoms with E-state index in [-0.39, 0.29) is 0 Å². The van der Waals surface area contributed by atoms with Crippen molar-refractivity contribution in [1.29, 1.82) is 0 Å². The van der Waals surface area contributed by atoms with Gasteiger partial charge in [-0.3, -0.25) is 4.90 Å². The molecule has 0 spiro atoms. The third kappa shape index (κ3) is 2.69. The lowest BCUT2D eigenvalue weighted by atomic mass is 10.2. The van der Waals surface area contributed by atoms with Gasteiger partial charge in [0, 0.05) is 32.2 Å². The molecule has 1 aromatic heterocycles. The lowest BCUT2D eigenvalue weighted by Crippen LogP contribution is -2.49. The number of anilines is 2. The largest absolute Gasteiger partial charge is 0.397 e. The fourth-order valence-electron chi connectivity index (χ4n) is 2.19. The van der Waals surface area contributed by atoms with Gasteiger partial charge in [0.25, 0.3) is 0 Å². The van der Waals surface area contributed by atoms with E-state index < -0.39 is 0 Å². The summed E-state index contributed by atoms with van der Waals surface area (Å²) in [5, 5.41) is 0. The van der Waals surface area contributed by atoms with Gasteiger partial charge < -0.3 is 10.6 Å². The van der Waals surface area contributed by atoms with Crippen LogP contribution < -0.4 is 10.6 Å². The molecular weight excluding hydrogens is 212 g/mol. The molecule has 0 atom stereocenters. The van der Waals surface area contributed by atoms with Crippen molar-refractivity contribution in [3.63, 3.8) is 0 Å². The Morgan fingerprint density at radius 1 is 1.24 bits per heavy atom. The Hall–Kier alpha value is -1.29. The van der Waals surface area contributed by atoms with Crippen LogP contribution in [0.3, 0.4) is 0 Å². The van der Waals surface area contributed by atoms with Gasteiger partial charge in [-0.1, -0.05) is 0 Å². The standard InChI is InChI=1S/C13H22N4/c1-10(2)16-4-6-17(7-5-16)13-8-11(3)12(14)9-15-13/h8-10H,4-7,14H2,1-3H3. The minimum atomic E-state index is 0.637. The molecule has 0 unspecified atom stereocenters. The van der Waals surface area contributed by atoms with Crippen LogP contribution in [-0.4, -0.2) is 42.1 Å². The van der Waals surface area contributed by atoms with Crippen molar-refractivity contribution < 1.29 is 0 Å². The average molecular weight is 234 g/mol. The van der Waals surface area contributed by atoms with Crippen molar-refractivity contribution >= 4 is 11.5 Å². The van der Waals surface area contributed by atoms with Gasteiger partial charge in [-0.25, -0.2) is 4.98 Å². The number of nitrogens with two attached hydrogens (primary N) is 1. The number of aromatic nitrogens is 1. The third-order valence-electron chi connectivity index (χ3n) is 3.51. The van der Waals surface area contributed by atoms with Crippen LogP contribution in [-0.2, 0) is 0 Å². The Labute approximate surface area is 103 Å². The summed E-state index contributed by atoms with van der Waals surface area (Å²) < 4.78 is 0. The molecule has 94 valence electrons. The zero-order chi connectivity index (χ0) is 12.4. The monoisotopic (exact) mass is 234 g/mol. The van der Waals surface area contributed by atoms with Crippen molar-refractivity contribution in [2.45, 2.75) is 26.8 Å². The van der Waals surface area contributed by atoms with Crippen LogP contribution in [0.5, 0.6) is 0 Å². The number of pyridine rings is 1. The second-order valence-corrected chi connectivity index (χ2v) is 5.02. The fourth-order valence-corrected chi connectivity index (χ4v) is 2.19. The molecule has 0 aliphatic carbocycles. The third-order valence-corrected chi connectivity index (χ3v) is 3.51. The van der Waals surface area contributed by atoms with Crippen LogP contribution in [0.25, 0.3) is 0 Å². The van der Waals surface area contributed by atoms with Gasteiger partial charge in [-0.2, -0.15) is 0 Å². The summed E-state index contributed by atoms with van der Waals surface area (Å²) in [5.41, 5.74) is 7.68. The van der Waals surface area contributed by atoms with Gasteiger partial charge in [0.2, 0.25) is 0 Å². The van der Waals surface area contributed by atoms with E-state index >= 15 is 0 Å². The van der Waals surface area contributed by atoms with E-state index in [0.717, 1.165) is 43.2 Å². The molecule has 1 saturated heterocycles.